The predicted octanol–water partition coefficient (Wildman–Crippen LogP) is 3.26. The average molecular weight is 465 g/mol. The molecule has 0 aliphatic carbocycles. The van der Waals surface area contributed by atoms with E-state index in [1.165, 1.54) is 28.6 Å². The summed E-state index contributed by atoms with van der Waals surface area (Å²) in [6.45, 7) is 5.34. The Kier molecular flexibility index (Phi) is 13.1. The molecule has 0 spiro atoms. The summed E-state index contributed by atoms with van der Waals surface area (Å²) in [5.41, 5.74) is 2.16. The lowest BCUT2D eigenvalue weighted by atomic mass is 10.1. The zero-order valence-corrected chi connectivity index (χ0v) is 19.3. The van der Waals surface area contributed by atoms with E-state index in [0.29, 0.717) is 12.2 Å². The van der Waals surface area contributed by atoms with E-state index in [0.717, 1.165) is 5.56 Å². The number of benzene rings is 2. The smallest absolute Gasteiger partial charge is 0.326 e. The first-order valence-corrected chi connectivity index (χ1v) is 11.4. The van der Waals surface area contributed by atoms with Crippen LogP contribution in [0.4, 0.5) is 0 Å². The molecule has 7 nitrogen and oxygen atoms in total. The maximum atomic E-state index is 10.8. The largest absolute Gasteiger partial charge is 0.497 e. The number of hydrogen-bond acceptors (Lipinski definition) is 7. The van der Waals surface area contributed by atoms with Crippen LogP contribution in [0.25, 0.3) is 0 Å². The number of carboxylic acid groups (broad SMARTS) is 1. The van der Waals surface area contributed by atoms with Crippen LogP contribution in [0.5, 0.6) is 5.75 Å². The molecule has 2 aromatic rings. The Balaban J connectivity index is 0.000000291. The van der Waals surface area contributed by atoms with Crippen molar-refractivity contribution in [3.05, 3.63) is 59.7 Å². The molecule has 1 atom stereocenters. The van der Waals surface area contributed by atoms with Crippen molar-refractivity contribution >= 4 is 42.9 Å². The Morgan fingerprint density at radius 1 is 1.26 bits per heavy atom. The molecule has 31 heavy (non-hydrogen) atoms. The van der Waals surface area contributed by atoms with Crippen LogP contribution in [0.15, 0.2) is 53.4 Å². The first-order chi connectivity index (χ1) is 15.0. The SMILES string of the molecule is C=O.COc1ccc(CC(NC=O)C(=O)O)cc1.Cc1ccc(SN2CCSC2)cc1. The van der Waals surface area contributed by atoms with Crippen LogP contribution in [-0.4, -0.2) is 59.9 Å². The number of aryl methyl sites for hydroxylation is 1. The molecule has 0 radical (unpaired) electrons. The lowest BCUT2D eigenvalue weighted by molar-refractivity contribution is -0.140. The highest BCUT2D eigenvalue weighted by atomic mass is 32.2. The highest BCUT2D eigenvalue weighted by molar-refractivity contribution is 8.02. The molecule has 168 valence electrons. The maximum absolute atomic E-state index is 10.8. The molecule has 0 bridgehead atoms. The third kappa shape index (κ3) is 10.4. The van der Waals surface area contributed by atoms with E-state index in [1.54, 1.807) is 31.4 Å². The quantitative estimate of drug-likeness (QED) is 0.454. The van der Waals surface area contributed by atoms with Gasteiger partial charge in [0.2, 0.25) is 6.41 Å². The first kappa shape index (κ1) is 26.5. The molecule has 1 aliphatic rings. The van der Waals surface area contributed by atoms with Gasteiger partial charge in [-0.25, -0.2) is 9.10 Å². The van der Waals surface area contributed by atoms with E-state index in [9.17, 15) is 9.59 Å². The summed E-state index contributed by atoms with van der Waals surface area (Å²) in [5.74, 6) is 2.10. The number of hydrogen-bond donors (Lipinski definition) is 2. The van der Waals surface area contributed by atoms with Crippen LogP contribution in [-0.2, 0) is 20.8 Å². The van der Waals surface area contributed by atoms with Crippen LogP contribution in [0.1, 0.15) is 11.1 Å². The first-order valence-electron chi connectivity index (χ1n) is 9.43. The van der Waals surface area contributed by atoms with Crippen LogP contribution < -0.4 is 10.1 Å². The van der Waals surface area contributed by atoms with Gasteiger partial charge in [-0.1, -0.05) is 29.8 Å². The standard InChI is InChI=1S/C11H13NO4.C10H13NS2.CH2O/c1-16-9-4-2-8(3-5-9)6-10(11(14)15)12-7-13;1-9-2-4-10(5-3-9)13-11-6-7-12-8-11;1-2/h2-5,7,10H,6H2,1H3,(H,12,13)(H,14,15);2-5H,6-8H2,1H3;1H2. The van der Waals surface area contributed by atoms with Crippen LogP contribution in [0.3, 0.4) is 0 Å². The van der Waals surface area contributed by atoms with Crippen molar-refractivity contribution < 1.29 is 24.2 Å². The van der Waals surface area contributed by atoms with E-state index in [2.05, 4.69) is 40.8 Å². The zero-order valence-electron chi connectivity index (χ0n) is 17.7. The van der Waals surface area contributed by atoms with Crippen molar-refractivity contribution in [1.29, 1.82) is 0 Å². The van der Waals surface area contributed by atoms with Crippen LogP contribution in [0.2, 0.25) is 0 Å². The summed E-state index contributed by atoms with van der Waals surface area (Å²) >= 11 is 3.88. The average Bonchev–Trinajstić information content (AvgIpc) is 3.30. The van der Waals surface area contributed by atoms with E-state index in [-0.39, 0.29) is 6.42 Å². The Morgan fingerprint density at radius 2 is 1.90 bits per heavy atom. The van der Waals surface area contributed by atoms with Crippen molar-refractivity contribution in [2.45, 2.75) is 24.3 Å². The number of carboxylic acids is 1. The molecule has 1 heterocycles. The van der Waals surface area contributed by atoms with Gasteiger partial charge < -0.3 is 20.0 Å². The van der Waals surface area contributed by atoms with Gasteiger partial charge in [0, 0.05) is 23.6 Å². The van der Waals surface area contributed by atoms with Gasteiger partial charge in [-0.05, 0) is 48.7 Å². The predicted molar refractivity (Wildman–Crippen MR) is 126 cm³/mol. The lowest BCUT2D eigenvalue weighted by Crippen LogP contribution is -2.37. The molecule has 1 unspecified atom stereocenters. The number of methoxy groups -OCH3 is 1. The van der Waals surface area contributed by atoms with Gasteiger partial charge in [-0.2, -0.15) is 0 Å². The Hall–Kier alpha value is -2.49. The molecule has 0 aromatic heterocycles. The van der Waals surface area contributed by atoms with Crippen molar-refractivity contribution in [2.75, 3.05) is 25.3 Å². The topological polar surface area (TPSA) is 95.9 Å². The van der Waals surface area contributed by atoms with E-state index in [4.69, 9.17) is 14.6 Å². The fraction of sp³-hybridized carbons (Fsp3) is 0.318. The van der Waals surface area contributed by atoms with Gasteiger partial charge >= 0.3 is 5.97 Å². The lowest BCUT2D eigenvalue weighted by Gasteiger charge is -2.11. The second-order valence-electron chi connectivity index (χ2n) is 6.37. The van der Waals surface area contributed by atoms with Crippen LogP contribution >= 0.6 is 23.7 Å². The number of ether oxygens (including phenoxy) is 1. The molecule has 1 saturated heterocycles. The van der Waals surface area contributed by atoms with Gasteiger partial charge in [0.05, 0.1) is 13.0 Å². The second kappa shape index (κ2) is 15.3. The molecule has 3 rings (SSSR count). The highest BCUT2D eigenvalue weighted by Crippen LogP contribution is 2.28. The van der Waals surface area contributed by atoms with E-state index >= 15 is 0 Å². The van der Waals surface area contributed by atoms with Gasteiger partial charge in [0.25, 0.3) is 0 Å². The van der Waals surface area contributed by atoms with Gasteiger partial charge in [-0.15, -0.1) is 11.8 Å². The molecule has 0 saturated carbocycles. The number of amides is 1. The monoisotopic (exact) mass is 464 g/mol. The Bertz CT molecular complexity index is 781. The molecule has 2 aromatic carbocycles. The van der Waals surface area contributed by atoms with Crippen molar-refractivity contribution in [3.63, 3.8) is 0 Å². The van der Waals surface area contributed by atoms with Crippen molar-refractivity contribution in [3.8, 4) is 5.75 Å². The minimum absolute atomic E-state index is 0.248. The molecule has 1 amide bonds. The third-order valence-corrected chi connectivity index (χ3v) is 6.32. The summed E-state index contributed by atoms with van der Waals surface area (Å²) in [7, 11) is 1.56. The third-order valence-electron chi connectivity index (χ3n) is 4.14. The molecule has 2 N–H and O–H groups in total. The molecule has 1 fully saturated rings. The van der Waals surface area contributed by atoms with Gasteiger partial charge in [-0.3, -0.25) is 4.79 Å². The number of rotatable bonds is 8. The summed E-state index contributed by atoms with van der Waals surface area (Å²) in [6.07, 6.45) is 0.639. The fourth-order valence-corrected chi connectivity index (χ4v) is 4.61. The normalized spacial score (nSPS) is 13.6. The Morgan fingerprint density at radius 3 is 2.39 bits per heavy atom. The van der Waals surface area contributed by atoms with Crippen LogP contribution in [0, 0.1) is 6.92 Å². The zero-order chi connectivity index (χ0) is 23.1. The molecule has 9 heteroatoms. The van der Waals surface area contributed by atoms with Gasteiger partial charge in [0.1, 0.15) is 18.6 Å². The number of thioether (sulfide) groups is 1. The number of nitrogens with one attached hydrogen (secondary N) is 1. The molecule has 1 aliphatic heterocycles. The summed E-state index contributed by atoms with van der Waals surface area (Å²) in [4.78, 5) is 30.3. The van der Waals surface area contributed by atoms with Crippen molar-refractivity contribution in [1.82, 2.24) is 9.62 Å². The summed E-state index contributed by atoms with van der Waals surface area (Å²) in [6, 6.07) is 14.9. The minimum Gasteiger partial charge on any atom is -0.497 e. The maximum Gasteiger partial charge on any atom is 0.326 e. The van der Waals surface area contributed by atoms with Crippen molar-refractivity contribution in [2.24, 2.45) is 0 Å². The number of carbonyl (C=O) groups is 3. The molecular formula is C22H28N2O5S2. The Labute approximate surface area is 191 Å². The molecular weight excluding hydrogens is 436 g/mol. The number of nitrogens with zero attached hydrogens (tertiary/aromatic N) is 1. The highest BCUT2D eigenvalue weighted by Gasteiger charge is 2.16. The fourth-order valence-electron chi connectivity index (χ4n) is 2.51. The van der Waals surface area contributed by atoms with E-state index in [1.807, 2.05) is 30.5 Å². The summed E-state index contributed by atoms with van der Waals surface area (Å²) < 4.78 is 7.39. The number of aliphatic carboxylic acids is 1. The minimum atomic E-state index is -1.05. The van der Waals surface area contributed by atoms with E-state index < -0.39 is 12.0 Å². The van der Waals surface area contributed by atoms with Gasteiger partial charge in [0.15, 0.2) is 0 Å². The number of carbonyl (C=O) groups excluding carboxylic acids is 2. The summed E-state index contributed by atoms with van der Waals surface area (Å²) in [5, 5.41) is 11.1. The second-order valence-corrected chi connectivity index (χ2v) is 8.62.